The number of carbonyl (C=O) groups is 1. The van der Waals surface area contributed by atoms with Crippen LogP contribution >= 0.6 is 11.8 Å². The summed E-state index contributed by atoms with van der Waals surface area (Å²) in [6.07, 6.45) is 4.85. The Morgan fingerprint density at radius 2 is 2.29 bits per heavy atom. The molecule has 1 aliphatic heterocycles. The predicted molar refractivity (Wildman–Crippen MR) is 91.0 cm³/mol. The first kappa shape index (κ1) is 16.2. The van der Waals surface area contributed by atoms with Gasteiger partial charge in [0.05, 0.1) is 6.04 Å². The molecule has 116 valence electrons. The number of nitrogens with one attached hydrogen (secondary N) is 1. The molecule has 3 N–H and O–H groups in total. The lowest BCUT2D eigenvalue weighted by molar-refractivity contribution is -0.122. The van der Waals surface area contributed by atoms with Gasteiger partial charge in [-0.25, -0.2) is 0 Å². The van der Waals surface area contributed by atoms with Gasteiger partial charge in [-0.1, -0.05) is 18.2 Å². The van der Waals surface area contributed by atoms with Crippen molar-refractivity contribution in [3.05, 3.63) is 29.8 Å². The van der Waals surface area contributed by atoms with E-state index in [1.54, 1.807) is 11.8 Å². The first-order valence-electron chi connectivity index (χ1n) is 7.57. The third-order valence-corrected chi connectivity index (χ3v) is 4.50. The maximum atomic E-state index is 11.8. The van der Waals surface area contributed by atoms with Gasteiger partial charge in [-0.2, -0.15) is 11.8 Å². The predicted octanol–water partition coefficient (Wildman–Crippen LogP) is 1.64. The van der Waals surface area contributed by atoms with Crippen molar-refractivity contribution in [1.82, 2.24) is 5.32 Å². The summed E-state index contributed by atoms with van der Waals surface area (Å²) in [6.45, 7) is 2.77. The molecule has 0 saturated heterocycles. The SMILES string of the molecule is CSCC[C@@H](N)C(=O)NCCCN1CCc2ccccc21. The van der Waals surface area contributed by atoms with Crippen molar-refractivity contribution in [3.63, 3.8) is 0 Å². The molecule has 1 aromatic carbocycles. The van der Waals surface area contributed by atoms with Crippen molar-refractivity contribution >= 4 is 23.4 Å². The summed E-state index contributed by atoms with van der Waals surface area (Å²) >= 11 is 1.72. The quantitative estimate of drug-likeness (QED) is 0.717. The van der Waals surface area contributed by atoms with Gasteiger partial charge < -0.3 is 16.0 Å². The third-order valence-electron chi connectivity index (χ3n) is 3.86. The Morgan fingerprint density at radius 3 is 3.10 bits per heavy atom. The highest BCUT2D eigenvalue weighted by Gasteiger charge is 2.17. The van der Waals surface area contributed by atoms with Gasteiger partial charge in [-0.3, -0.25) is 4.79 Å². The van der Waals surface area contributed by atoms with Gasteiger partial charge >= 0.3 is 0 Å². The number of hydrogen-bond donors (Lipinski definition) is 2. The van der Waals surface area contributed by atoms with Gasteiger partial charge in [0.1, 0.15) is 0 Å². The number of hydrogen-bond acceptors (Lipinski definition) is 4. The van der Waals surface area contributed by atoms with Crippen LogP contribution in [0.15, 0.2) is 24.3 Å². The maximum Gasteiger partial charge on any atom is 0.236 e. The molecule has 0 fully saturated rings. The Bertz CT molecular complexity index is 467. The van der Waals surface area contributed by atoms with Crippen molar-refractivity contribution in [2.24, 2.45) is 5.73 Å². The molecule has 0 spiro atoms. The van der Waals surface area contributed by atoms with Crippen molar-refractivity contribution in [1.29, 1.82) is 0 Å². The number of para-hydroxylation sites is 1. The summed E-state index contributed by atoms with van der Waals surface area (Å²) < 4.78 is 0. The second-order valence-corrected chi connectivity index (χ2v) is 6.38. The molecule has 1 aromatic rings. The molecule has 0 aromatic heterocycles. The summed E-state index contributed by atoms with van der Waals surface area (Å²) in [6, 6.07) is 8.19. The van der Waals surface area contributed by atoms with Gasteiger partial charge in [-0.05, 0) is 42.9 Å². The first-order chi connectivity index (χ1) is 10.2. The summed E-state index contributed by atoms with van der Waals surface area (Å²) in [7, 11) is 0. The first-order valence-corrected chi connectivity index (χ1v) is 8.97. The number of rotatable bonds is 8. The average molecular weight is 307 g/mol. The highest BCUT2D eigenvalue weighted by molar-refractivity contribution is 7.98. The third kappa shape index (κ3) is 4.64. The number of amides is 1. The fourth-order valence-electron chi connectivity index (χ4n) is 2.63. The van der Waals surface area contributed by atoms with E-state index in [1.165, 1.54) is 11.3 Å². The van der Waals surface area contributed by atoms with Crippen LogP contribution < -0.4 is 16.0 Å². The molecule has 0 radical (unpaired) electrons. The highest BCUT2D eigenvalue weighted by atomic mass is 32.2. The molecule has 1 amide bonds. The van der Waals surface area contributed by atoms with Crippen molar-refractivity contribution in [2.45, 2.75) is 25.3 Å². The van der Waals surface area contributed by atoms with Crippen molar-refractivity contribution in [2.75, 3.05) is 36.5 Å². The molecule has 1 aliphatic rings. The molecule has 5 heteroatoms. The molecule has 0 bridgehead atoms. The Kier molecular flexibility index (Phi) is 6.39. The molecule has 21 heavy (non-hydrogen) atoms. The maximum absolute atomic E-state index is 11.8. The van der Waals surface area contributed by atoms with Crippen LogP contribution in [0.25, 0.3) is 0 Å². The Balaban J connectivity index is 1.66. The van der Waals surface area contributed by atoms with Crippen LogP contribution in [-0.4, -0.2) is 43.6 Å². The number of thioether (sulfide) groups is 1. The second kappa shape index (κ2) is 8.29. The lowest BCUT2D eigenvalue weighted by Gasteiger charge is -2.19. The van der Waals surface area contributed by atoms with Gasteiger partial charge in [0.15, 0.2) is 0 Å². The lowest BCUT2D eigenvalue weighted by atomic mass is 10.2. The van der Waals surface area contributed by atoms with E-state index in [1.807, 2.05) is 6.26 Å². The zero-order valence-electron chi connectivity index (χ0n) is 12.7. The summed E-state index contributed by atoms with van der Waals surface area (Å²) in [5, 5.41) is 2.94. The molecule has 0 unspecified atom stereocenters. The molecular formula is C16H25N3OS. The summed E-state index contributed by atoms with van der Waals surface area (Å²) in [4.78, 5) is 14.2. The summed E-state index contributed by atoms with van der Waals surface area (Å²) in [5.41, 5.74) is 8.61. The van der Waals surface area contributed by atoms with Crippen LogP contribution in [0.3, 0.4) is 0 Å². The zero-order valence-corrected chi connectivity index (χ0v) is 13.5. The Labute approximate surface area is 131 Å². The molecule has 1 heterocycles. The van der Waals surface area contributed by atoms with Gasteiger partial charge in [-0.15, -0.1) is 0 Å². The van der Waals surface area contributed by atoms with E-state index in [0.29, 0.717) is 6.54 Å². The minimum atomic E-state index is -0.370. The number of nitrogens with two attached hydrogens (primary N) is 1. The van der Waals surface area contributed by atoms with Crippen LogP contribution in [0, 0.1) is 0 Å². The number of anilines is 1. The van der Waals surface area contributed by atoms with Crippen molar-refractivity contribution in [3.8, 4) is 0 Å². The van der Waals surface area contributed by atoms with E-state index >= 15 is 0 Å². The number of fused-ring (bicyclic) bond motifs is 1. The Hall–Kier alpha value is -1.20. The lowest BCUT2D eigenvalue weighted by Crippen LogP contribution is -2.41. The Morgan fingerprint density at radius 1 is 1.48 bits per heavy atom. The number of benzene rings is 1. The van der Waals surface area contributed by atoms with Crippen LogP contribution in [-0.2, 0) is 11.2 Å². The molecular weight excluding hydrogens is 282 g/mol. The van der Waals surface area contributed by atoms with E-state index in [0.717, 1.165) is 38.1 Å². The molecule has 0 saturated carbocycles. The number of carbonyl (C=O) groups excluding carboxylic acids is 1. The smallest absolute Gasteiger partial charge is 0.236 e. The molecule has 2 rings (SSSR count). The van der Waals surface area contributed by atoms with E-state index in [9.17, 15) is 4.79 Å². The average Bonchev–Trinajstić information content (AvgIpc) is 2.92. The second-order valence-electron chi connectivity index (χ2n) is 5.40. The van der Waals surface area contributed by atoms with Gasteiger partial charge in [0.2, 0.25) is 5.91 Å². The molecule has 4 nitrogen and oxygen atoms in total. The summed E-state index contributed by atoms with van der Waals surface area (Å²) in [5.74, 6) is 0.907. The van der Waals surface area contributed by atoms with Crippen LogP contribution in [0.5, 0.6) is 0 Å². The van der Waals surface area contributed by atoms with Crippen LogP contribution in [0.2, 0.25) is 0 Å². The van der Waals surface area contributed by atoms with Gasteiger partial charge in [0, 0.05) is 25.3 Å². The van der Waals surface area contributed by atoms with E-state index < -0.39 is 0 Å². The highest BCUT2D eigenvalue weighted by Crippen LogP contribution is 2.27. The fraction of sp³-hybridized carbons (Fsp3) is 0.562. The van der Waals surface area contributed by atoms with E-state index in [-0.39, 0.29) is 11.9 Å². The number of nitrogens with zero attached hydrogens (tertiary/aromatic N) is 1. The van der Waals surface area contributed by atoms with Gasteiger partial charge in [0.25, 0.3) is 0 Å². The van der Waals surface area contributed by atoms with E-state index in [2.05, 4.69) is 34.5 Å². The minimum absolute atomic E-state index is 0.0223. The monoisotopic (exact) mass is 307 g/mol. The fourth-order valence-corrected chi connectivity index (χ4v) is 3.12. The molecule has 1 atom stereocenters. The largest absolute Gasteiger partial charge is 0.371 e. The van der Waals surface area contributed by atoms with E-state index in [4.69, 9.17) is 5.73 Å². The molecule has 0 aliphatic carbocycles. The topological polar surface area (TPSA) is 58.4 Å². The normalized spacial score (nSPS) is 14.9. The zero-order chi connectivity index (χ0) is 15.1. The van der Waals surface area contributed by atoms with Crippen molar-refractivity contribution < 1.29 is 4.79 Å². The standard InChI is InChI=1S/C16H25N3OS/c1-21-12-8-14(17)16(20)18-9-4-10-19-11-7-13-5-2-3-6-15(13)19/h2-3,5-6,14H,4,7-12,17H2,1H3,(H,18,20)/t14-/m1/s1. The van der Waals surface area contributed by atoms with Crippen LogP contribution in [0.4, 0.5) is 5.69 Å². The van der Waals surface area contributed by atoms with Crippen LogP contribution in [0.1, 0.15) is 18.4 Å². The minimum Gasteiger partial charge on any atom is -0.371 e.